The quantitative estimate of drug-likeness (QED) is 0.164. The molecule has 0 aliphatic carbocycles. The van der Waals surface area contributed by atoms with Crippen LogP contribution in [-0.2, 0) is 16.2 Å². The second kappa shape index (κ2) is 13.7. The monoisotopic (exact) mass is 756 g/mol. The van der Waals surface area contributed by atoms with Crippen molar-refractivity contribution in [1.29, 1.82) is 0 Å². The van der Waals surface area contributed by atoms with Gasteiger partial charge in [-0.15, -0.1) is 0 Å². The molecule has 0 saturated carbocycles. The van der Waals surface area contributed by atoms with Gasteiger partial charge in [-0.2, -0.15) is 0 Å². The standard InChI is InChI=1S/C54H52N4/c1-52(2,3)38-33-44(53(4,5)6)49(45(34-38)54(7,8)9)58-50(56-46-26-18-30-55-51(46)58)42-28-29-48(41-25-16-15-24-40(41)42)57(39-22-11-10-12-23-39)47-27-17-21-37-31-35-19-13-14-20-36(35)32-43(37)47/h10-34H,1-9H3. The van der Waals surface area contributed by atoms with Crippen molar-refractivity contribution < 1.29 is 0 Å². The Hall–Kier alpha value is -6.26. The maximum absolute atomic E-state index is 5.47. The van der Waals surface area contributed by atoms with Gasteiger partial charge in [0.1, 0.15) is 11.3 Å². The van der Waals surface area contributed by atoms with Crippen molar-refractivity contribution in [2.24, 2.45) is 0 Å². The molecule has 0 fully saturated rings. The van der Waals surface area contributed by atoms with E-state index in [0.29, 0.717) is 0 Å². The molecular weight excluding hydrogens is 705 g/mol. The lowest BCUT2D eigenvalue weighted by Crippen LogP contribution is -2.25. The first-order chi connectivity index (χ1) is 27.7. The van der Waals surface area contributed by atoms with Crippen molar-refractivity contribution in [1.82, 2.24) is 14.5 Å². The van der Waals surface area contributed by atoms with Crippen molar-refractivity contribution in [2.45, 2.75) is 78.6 Å². The van der Waals surface area contributed by atoms with E-state index in [9.17, 15) is 0 Å². The van der Waals surface area contributed by atoms with Gasteiger partial charge in [0.05, 0.1) is 17.1 Å². The summed E-state index contributed by atoms with van der Waals surface area (Å²) in [4.78, 5) is 13.0. The second-order valence-corrected chi connectivity index (χ2v) is 18.8. The lowest BCUT2D eigenvalue weighted by molar-refractivity contribution is 0.544. The predicted molar refractivity (Wildman–Crippen MR) is 248 cm³/mol. The van der Waals surface area contributed by atoms with Gasteiger partial charge >= 0.3 is 0 Å². The van der Waals surface area contributed by atoms with E-state index >= 15 is 0 Å². The summed E-state index contributed by atoms with van der Waals surface area (Å²) in [6, 6.07) is 53.0. The molecule has 0 bridgehead atoms. The van der Waals surface area contributed by atoms with Crippen LogP contribution in [0.25, 0.3) is 60.6 Å². The highest BCUT2D eigenvalue weighted by atomic mass is 15.2. The number of hydrogen-bond donors (Lipinski definition) is 0. The average Bonchev–Trinajstić information content (AvgIpc) is 3.58. The smallest absolute Gasteiger partial charge is 0.164 e. The van der Waals surface area contributed by atoms with Crippen LogP contribution in [-0.4, -0.2) is 14.5 Å². The third kappa shape index (κ3) is 6.41. The molecule has 9 rings (SSSR count). The molecule has 288 valence electrons. The van der Waals surface area contributed by atoms with E-state index in [-0.39, 0.29) is 16.2 Å². The Kier molecular flexibility index (Phi) is 8.81. The van der Waals surface area contributed by atoms with Crippen molar-refractivity contribution in [2.75, 3.05) is 4.90 Å². The number of rotatable bonds is 5. The number of nitrogens with zero attached hydrogens (tertiary/aromatic N) is 4. The fourth-order valence-corrected chi connectivity index (χ4v) is 8.56. The second-order valence-electron chi connectivity index (χ2n) is 18.8. The first-order valence-corrected chi connectivity index (χ1v) is 20.5. The number of fused-ring (bicyclic) bond motifs is 4. The van der Waals surface area contributed by atoms with Gasteiger partial charge in [0.2, 0.25) is 0 Å². The molecule has 0 radical (unpaired) electrons. The van der Waals surface area contributed by atoms with Crippen molar-refractivity contribution in [3.8, 4) is 17.1 Å². The van der Waals surface area contributed by atoms with E-state index in [2.05, 4.69) is 211 Å². The molecule has 2 aromatic heterocycles. The Balaban J connectivity index is 1.35. The molecule has 0 N–H and O–H groups in total. The minimum atomic E-state index is -0.162. The van der Waals surface area contributed by atoms with Gasteiger partial charge < -0.3 is 4.90 Å². The third-order valence-electron chi connectivity index (χ3n) is 11.6. The summed E-state index contributed by atoms with van der Waals surface area (Å²) < 4.78 is 2.37. The largest absolute Gasteiger partial charge is 0.309 e. The van der Waals surface area contributed by atoms with Crippen LogP contribution < -0.4 is 4.90 Å². The maximum atomic E-state index is 5.47. The van der Waals surface area contributed by atoms with Crippen molar-refractivity contribution in [3.63, 3.8) is 0 Å². The lowest BCUT2D eigenvalue weighted by atomic mass is 9.74. The van der Waals surface area contributed by atoms with Gasteiger partial charge in [0.15, 0.2) is 5.65 Å². The van der Waals surface area contributed by atoms with E-state index in [1.807, 2.05) is 12.3 Å². The van der Waals surface area contributed by atoms with Gasteiger partial charge in [-0.3, -0.25) is 4.57 Å². The third-order valence-corrected chi connectivity index (χ3v) is 11.6. The number of imidazole rings is 1. The molecular formula is C54H52N4. The zero-order chi connectivity index (χ0) is 40.6. The van der Waals surface area contributed by atoms with Gasteiger partial charge in [-0.05, 0) is 109 Å². The van der Waals surface area contributed by atoms with E-state index in [0.717, 1.165) is 50.4 Å². The highest BCUT2D eigenvalue weighted by molar-refractivity contribution is 6.11. The van der Waals surface area contributed by atoms with Crippen LogP contribution in [0.2, 0.25) is 0 Å². The van der Waals surface area contributed by atoms with E-state index < -0.39 is 0 Å². The molecule has 0 atom stereocenters. The van der Waals surface area contributed by atoms with Crippen LogP contribution >= 0.6 is 0 Å². The zero-order valence-electron chi connectivity index (χ0n) is 35.2. The molecule has 0 aliphatic heterocycles. The van der Waals surface area contributed by atoms with Crippen LogP contribution in [0, 0.1) is 0 Å². The summed E-state index contributed by atoms with van der Waals surface area (Å²) in [6.45, 7) is 20.9. The molecule has 0 aliphatic rings. The normalized spacial score (nSPS) is 12.6. The fourth-order valence-electron chi connectivity index (χ4n) is 8.56. The van der Waals surface area contributed by atoms with E-state index in [4.69, 9.17) is 9.97 Å². The lowest BCUT2D eigenvalue weighted by Gasteiger charge is -2.34. The Morgan fingerprint density at radius 3 is 1.76 bits per heavy atom. The highest BCUT2D eigenvalue weighted by Gasteiger charge is 2.33. The van der Waals surface area contributed by atoms with E-state index in [1.165, 1.54) is 43.9 Å². The van der Waals surface area contributed by atoms with Crippen LogP contribution in [0.3, 0.4) is 0 Å². The number of benzene rings is 7. The summed E-state index contributed by atoms with van der Waals surface area (Å²) in [6.07, 6.45) is 1.90. The molecule has 4 heteroatoms. The number of anilines is 3. The Morgan fingerprint density at radius 2 is 1.09 bits per heavy atom. The molecule has 7 aromatic carbocycles. The van der Waals surface area contributed by atoms with E-state index in [1.54, 1.807) is 0 Å². The number of hydrogen-bond acceptors (Lipinski definition) is 3. The Bertz CT molecular complexity index is 2970. The van der Waals surface area contributed by atoms with Crippen molar-refractivity contribution >= 4 is 60.5 Å². The summed E-state index contributed by atoms with van der Waals surface area (Å²) >= 11 is 0. The van der Waals surface area contributed by atoms with Gasteiger partial charge in [-0.25, -0.2) is 9.97 Å². The van der Waals surface area contributed by atoms with Gasteiger partial charge in [-0.1, -0.05) is 153 Å². The zero-order valence-corrected chi connectivity index (χ0v) is 35.2. The molecule has 2 heterocycles. The van der Waals surface area contributed by atoms with Crippen molar-refractivity contribution in [3.05, 3.63) is 168 Å². The summed E-state index contributed by atoms with van der Waals surface area (Å²) in [5.41, 5.74) is 10.9. The van der Waals surface area contributed by atoms with Gasteiger partial charge in [0, 0.05) is 28.2 Å². The fraction of sp³-hybridized carbons (Fsp3) is 0.222. The first-order valence-electron chi connectivity index (χ1n) is 20.5. The minimum Gasteiger partial charge on any atom is -0.309 e. The van der Waals surface area contributed by atoms with Crippen LogP contribution in [0.1, 0.15) is 79.0 Å². The minimum absolute atomic E-state index is 0.0234. The van der Waals surface area contributed by atoms with Crippen LogP contribution in [0.15, 0.2) is 152 Å². The molecule has 58 heavy (non-hydrogen) atoms. The van der Waals surface area contributed by atoms with Crippen LogP contribution in [0.5, 0.6) is 0 Å². The summed E-state index contributed by atoms with van der Waals surface area (Å²) in [7, 11) is 0. The predicted octanol–water partition coefficient (Wildman–Crippen LogP) is 14.9. The molecule has 0 saturated heterocycles. The SMILES string of the molecule is CC(C)(C)c1cc(C(C)(C)C)c(-n2c(-c3ccc(N(c4ccccc4)c4cccc5cc6ccccc6cc45)c4ccccc34)nc3cccnc32)c(C(C)(C)C)c1. The Morgan fingerprint density at radius 1 is 0.483 bits per heavy atom. The molecule has 9 aromatic rings. The molecule has 0 unspecified atom stereocenters. The molecule has 4 nitrogen and oxygen atoms in total. The topological polar surface area (TPSA) is 34.0 Å². The summed E-state index contributed by atoms with van der Waals surface area (Å²) in [5.74, 6) is 0.888. The van der Waals surface area contributed by atoms with Gasteiger partial charge in [0.25, 0.3) is 0 Å². The number of pyridine rings is 1. The molecule has 0 amide bonds. The Labute approximate surface area is 342 Å². The van der Waals surface area contributed by atoms with Crippen LogP contribution in [0.4, 0.5) is 17.1 Å². The molecule has 0 spiro atoms. The first kappa shape index (κ1) is 37.3. The highest BCUT2D eigenvalue weighted by Crippen LogP contribution is 2.47. The number of para-hydroxylation sites is 1. The number of aromatic nitrogens is 3. The average molecular weight is 757 g/mol. The summed E-state index contributed by atoms with van der Waals surface area (Å²) in [5, 5.41) is 7.15. The maximum Gasteiger partial charge on any atom is 0.164 e.